The fourth-order valence-electron chi connectivity index (χ4n) is 1.98. The Hall–Kier alpha value is -1.88. The summed E-state index contributed by atoms with van der Waals surface area (Å²) in [6.07, 6.45) is 0.856. The lowest BCUT2D eigenvalue weighted by atomic mass is 10.2. The topological polar surface area (TPSA) is 66.0 Å². The van der Waals surface area contributed by atoms with E-state index in [-0.39, 0.29) is 0 Å². The van der Waals surface area contributed by atoms with Crippen LogP contribution >= 0.6 is 0 Å². The molecule has 0 aliphatic carbocycles. The van der Waals surface area contributed by atoms with Gasteiger partial charge in [0.05, 0.1) is 5.69 Å². The third-order valence-electron chi connectivity index (χ3n) is 3.16. The van der Waals surface area contributed by atoms with Crippen LogP contribution in [0.5, 0.6) is 11.6 Å². The van der Waals surface area contributed by atoms with E-state index in [1.54, 1.807) is 4.68 Å². The Morgan fingerprint density at radius 2 is 2.05 bits per heavy atom. The highest BCUT2D eigenvalue weighted by atomic mass is 16.5. The molecule has 2 N–H and O–H groups in total. The van der Waals surface area contributed by atoms with Gasteiger partial charge in [-0.05, 0) is 31.9 Å². The number of pyridine rings is 1. The smallest absolute Gasteiger partial charge is 0.219 e. The highest BCUT2D eigenvalue weighted by molar-refractivity contribution is 5.36. The monoisotopic (exact) mass is 260 g/mol. The molecule has 0 spiro atoms. The molecule has 0 aliphatic heterocycles. The first-order chi connectivity index (χ1) is 9.05. The Labute approximate surface area is 113 Å². The van der Waals surface area contributed by atoms with Gasteiger partial charge in [-0.1, -0.05) is 6.92 Å². The molecule has 0 bridgehead atoms. The summed E-state index contributed by atoms with van der Waals surface area (Å²) in [7, 11) is 1.90. The van der Waals surface area contributed by atoms with Crippen molar-refractivity contribution in [3.63, 3.8) is 0 Å². The lowest BCUT2D eigenvalue weighted by Crippen LogP contribution is -2.01. The molecule has 0 aromatic carbocycles. The van der Waals surface area contributed by atoms with Crippen molar-refractivity contribution in [1.82, 2.24) is 14.8 Å². The van der Waals surface area contributed by atoms with E-state index in [4.69, 9.17) is 10.5 Å². The van der Waals surface area contributed by atoms with Crippen LogP contribution in [0, 0.1) is 13.8 Å². The summed E-state index contributed by atoms with van der Waals surface area (Å²) in [5.74, 6) is 1.35. The predicted molar refractivity (Wildman–Crippen MR) is 74.3 cm³/mol. The first-order valence-electron chi connectivity index (χ1n) is 6.43. The Bertz CT molecular complexity index is 567. The average Bonchev–Trinajstić information content (AvgIpc) is 2.65. The van der Waals surface area contributed by atoms with Crippen molar-refractivity contribution < 1.29 is 4.74 Å². The highest BCUT2D eigenvalue weighted by Crippen LogP contribution is 2.27. The van der Waals surface area contributed by atoms with Crippen molar-refractivity contribution in [2.45, 2.75) is 33.7 Å². The number of rotatable bonds is 4. The molecule has 0 saturated heterocycles. The van der Waals surface area contributed by atoms with E-state index >= 15 is 0 Å². The molecule has 5 nitrogen and oxygen atoms in total. The van der Waals surface area contributed by atoms with Crippen LogP contribution in [0.2, 0.25) is 0 Å². The van der Waals surface area contributed by atoms with Crippen molar-refractivity contribution >= 4 is 0 Å². The molecule has 0 atom stereocenters. The van der Waals surface area contributed by atoms with Crippen LogP contribution in [-0.2, 0) is 20.0 Å². The lowest BCUT2D eigenvalue weighted by Gasteiger charge is -2.08. The summed E-state index contributed by atoms with van der Waals surface area (Å²) >= 11 is 0. The third kappa shape index (κ3) is 2.76. The van der Waals surface area contributed by atoms with Crippen LogP contribution in [0.25, 0.3) is 0 Å². The molecule has 19 heavy (non-hydrogen) atoms. The fraction of sp³-hybridized carbons (Fsp3) is 0.429. The van der Waals surface area contributed by atoms with Gasteiger partial charge in [0, 0.05) is 25.4 Å². The standard InChI is InChI=1S/C14H20N4O/c1-5-12-6-11(8-15)7-13(16-12)19-14-9(2)17-18(4)10(14)3/h6-7H,5,8,15H2,1-4H3. The SMILES string of the molecule is CCc1cc(CN)cc(Oc2c(C)nn(C)c2C)n1. The van der Waals surface area contributed by atoms with Gasteiger partial charge in [0.2, 0.25) is 5.88 Å². The number of aryl methyl sites for hydroxylation is 3. The van der Waals surface area contributed by atoms with Gasteiger partial charge in [-0.3, -0.25) is 4.68 Å². The summed E-state index contributed by atoms with van der Waals surface area (Å²) in [4.78, 5) is 4.47. The van der Waals surface area contributed by atoms with Crippen molar-refractivity contribution in [3.05, 3.63) is 34.8 Å². The minimum Gasteiger partial charge on any atom is -0.435 e. The molecule has 0 saturated carbocycles. The fourth-order valence-corrected chi connectivity index (χ4v) is 1.98. The normalized spacial score (nSPS) is 10.8. The van der Waals surface area contributed by atoms with E-state index in [2.05, 4.69) is 17.0 Å². The Morgan fingerprint density at radius 1 is 1.32 bits per heavy atom. The second kappa shape index (κ2) is 5.40. The van der Waals surface area contributed by atoms with Gasteiger partial charge in [0.25, 0.3) is 0 Å². The zero-order valence-electron chi connectivity index (χ0n) is 11.9. The zero-order chi connectivity index (χ0) is 14.0. The van der Waals surface area contributed by atoms with E-state index in [9.17, 15) is 0 Å². The molecule has 0 unspecified atom stereocenters. The average molecular weight is 260 g/mol. The van der Waals surface area contributed by atoms with Crippen molar-refractivity contribution in [2.24, 2.45) is 12.8 Å². The number of nitrogens with zero attached hydrogens (tertiary/aromatic N) is 3. The summed E-state index contributed by atoms with van der Waals surface area (Å²) in [6, 6.07) is 3.89. The van der Waals surface area contributed by atoms with Gasteiger partial charge >= 0.3 is 0 Å². The van der Waals surface area contributed by atoms with Gasteiger partial charge in [0.15, 0.2) is 5.75 Å². The largest absolute Gasteiger partial charge is 0.435 e. The molecule has 5 heteroatoms. The van der Waals surface area contributed by atoms with Crippen LogP contribution in [0.4, 0.5) is 0 Å². The molecule has 2 aromatic heterocycles. The maximum absolute atomic E-state index is 5.90. The molecular weight excluding hydrogens is 240 g/mol. The first kappa shape index (κ1) is 13.5. The van der Waals surface area contributed by atoms with Crippen LogP contribution < -0.4 is 10.5 Å². The lowest BCUT2D eigenvalue weighted by molar-refractivity contribution is 0.452. The Balaban J connectivity index is 2.37. The van der Waals surface area contributed by atoms with Gasteiger partial charge in [0.1, 0.15) is 5.69 Å². The zero-order valence-corrected chi connectivity index (χ0v) is 11.9. The van der Waals surface area contributed by atoms with Gasteiger partial charge in [-0.25, -0.2) is 4.98 Å². The molecule has 0 aliphatic rings. The highest BCUT2D eigenvalue weighted by Gasteiger charge is 2.13. The van der Waals surface area contributed by atoms with Crippen LogP contribution in [0.3, 0.4) is 0 Å². The quantitative estimate of drug-likeness (QED) is 0.915. The first-order valence-corrected chi connectivity index (χ1v) is 6.43. The van der Waals surface area contributed by atoms with Crippen molar-refractivity contribution in [3.8, 4) is 11.6 Å². The van der Waals surface area contributed by atoms with E-state index in [1.165, 1.54) is 0 Å². The molecule has 2 rings (SSSR count). The number of aromatic nitrogens is 3. The van der Waals surface area contributed by atoms with E-state index in [0.29, 0.717) is 12.4 Å². The predicted octanol–water partition coefficient (Wildman–Crippen LogP) is 2.25. The maximum atomic E-state index is 5.90. The van der Waals surface area contributed by atoms with Crippen molar-refractivity contribution in [1.29, 1.82) is 0 Å². The third-order valence-corrected chi connectivity index (χ3v) is 3.16. The van der Waals surface area contributed by atoms with Crippen LogP contribution in [-0.4, -0.2) is 14.8 Å². The molecule has 0 amide bonds. The van der Waals surface area contributed by atoms with E-state index in [1.807, 2.05) is 33.0 Å². The van der Waals surface area contributed by atoms with Crippen LogP contribution in [0.1, 0.15) is 29.6 Å². The summed E-state index contributed by atoms with van der Waals surface area (Å²) in [5, 5.41) is 4.33. The van der Waals surface area contributed by atoms with Crippen molar-refractivity contribution in [2.75, 3.05) is 0 Å². The molecule has 2 aromatic rings. The number of hydrogen-bond donors (Lipinski definition) is 1. The van der Waals surface area contributed by atoms with Gasteiger partial charge < -0.3 is 10.5 Å². The minimum atomic E-state index is 0.483. The maximum Gasteiger partial charge on any atom is 0.219 e. The van der Waals surface area contributed by atoms with Gasteiger partial charge in [-0.15, -0.1) is 0 Å². The van der Waals surface area contributed by atoms with E-state index < -0.39 is 0 Å². The number of ether oxygens (including phenoxy) is 1. The summed E-state index contributed by atoms with van der Waals surface area (Å²) in [6.45, 7) is 6.45. The van der Waals surface area contributed by atoms with Gasteiger partial charge in [-0.2, -0.15) is 5.10 Å². The molecular formula is C14H20N4O. The minimum absolute atomic E-state index is 0.483. The Kier molecular flexibility index (Phi) is 3.85. The second-order valence-corrected chi connectivity index (χ2v) is 4.59. The summed E-state index contributed by atoms with van der Waals surface area (Å²) < 4.78 is 7.70. The number of nitrogens with two attached hydrogens (primary N) is 1. The molecule has 102 valence electrons. The molecule has 0 fully saturated rings. The molecule has 2 heterocycles. The summed E-state index contributed by atoms with van der Waals surface area (Å²) in [5.41, 5.74) is 9.55. The Morgan fingerprint density at radius 3 is 2.58 bits per heavy atom. The molecule has 0 radical (unpaired) electrons. The second-order valence-electron chi connectivity index (χ2n) is 4.59. The van der Waals surface area contributed by atoms with Crippen LogP contribution in [0.15, 0.2) is 12.1 Å². The number of hydrogen-bond acceptors (Lipinski definition) is 4. The van der Waals surface area contributed by atoms with E-state index in [0.717, 1.165) is 34.8 Å².